The van der Waals surface area contributed by atoms with E-state index >= 15 is 0 Å². The van der Waals surface area contributed by atoms with Gasteiger partial charge in [0.15, 0.2) is 0 Å². The lowest BCUT2D eigenvalue weighted by Crippen LogP contribution is -2.14. The molecule has 2 atom stereocenters. The summed E-state index contributed by atoms with van der Waals surface area (Å²) in [6.07, 6.45) is 0.982. The third-order valence-electron chi connectivity index (χ3n) is 3.25. The van der Waals surface area contributed by atoms with E-state index in [0.717, 1.165) is 5.57 Å². The molecule has 116 valence electrons. The molecular formula is C17H24O4. The molecule has 0 fully saturated rings. The second kappa shape index (κ2) is 8.65. The van der Waals surface area contributed by atoms with Gasteiger partial charge in [-0.25, -0.2) is 0 Å². The van der Waals surface area contributed by atoms with Gasteiger partial charge in [-0.15, -0.1) is 5.73 Å². The van der Waals surface area contributed by atoms with Gasteiger partial charge in [0, 0.05) is 12.8 Å². The van der Waals surface area contributed by atoms with E-state index < -0.39 is 12.2 Å². The van der Waals surface area contributed by atoms with Crippen molar-refractivity contribution in [1.82, 2.24) is 0 Å². The summed E-state index contributed by atoms with van der Waals surface area (Å²) in [6.45, 7) is 3.71. The zero-order valence-corrected chi connectivity index (χ0v) is 12.5. The second-order valence-corrected chi connectivity index (χ2v) is 5.42. The minimum Gasteiger partial charge on any atom is -0.508 e. The number of phenolic OH excluding ortho intramolecular Hbond substituents is 1. The highest BCUT2D eigenvalue weighted by Crippen LogP contribution is 2.21. The van der Waals surface area contributed by atoms with Gasteiger partial charge < -0.3 is 20.4 Å². The fraction of sp³-hybridized carbons (Fsp3) is 0.471. The van der Waals surface area contributed by atoms with Crippen LogP contribution in [0, 0.1) is 5.92 Å². The number of rotatable bonds is 7. The molecule has 1 rings (SSSR count). The van der Waals surface area contributed by atoms with Gasteiger partial charge in [-0.3, -0.25) is 0 Å². The predicted molar refractivity (Wildman–Crippen MR) is 81.8 cm³/mol. The Morgan fingerprint density at radius 1 is 1.29 bits per heavy atom. The summed E-state index contributed by atoms with van der Waals surface area (Å²) in [6, 6.07) is 6.52. The second-order valence-electron chi connectivity index (χ2n) is 5.42. The number of benzene rings is 1. The van der Waals surface area contributed by atoms with E-state index in [2.05, 4.69) is 5.73 Å². The predicted octanol–water partition coefficient (Wildman–Crippen LogP) is 2.30. The average molecular weight is 292 g/mol. The van der Waals surface area contributed by atoms with Gasteiger partial charge >= 0.3 is 0 Å². The number of hydrogen-bond acceptors (Lipinski definition) is 4. The highest BCUT2D eigenvalue weighted by atomic mass is 16.3. The molecule has 1 aromatic carbocycles. The Morgan fingerprint density at radius 3 is 2.57 bits per heavy atom. The van der Waals surface area contributed by atoms with E-state index in [1.165, 1.54) is 6.07 Å². The Morgan fingerprint density at radius 2 is 2.00 bits per heavy atom. The maximum Gasteiger partial charge on any atom is 0.115 e. The Kier molecular flexibility index (Phi) is 7.20. The van der Waals surface area contributed by atoms with Gasteiger partial charge in [0.25, 0.3) is 0 Å². The van der Waals surface area contributed by atoms with E-state index in [4.69, 9.17) is 5.11 Å². The Labute approximate surface area is 125 Å². The molecule has 0 saturated heterocycles. The van der Waals surface area contributed by atoms with E-state index in [9.17, 15) is 15.3 Å². The molecule has 4 N–H and O–H groups in total. The van der Waals surface area contributed by atoms with Gasteiger partial charge in [0.2, 0.25) is 0 Å². The number of aliphatic hydroxyl groups is 3. The topological polar surface area (TPSA) is 80.9 Å². The van der Waals surface area contributed by atoms with Crippen LogP contribution in [0.2, 0.25) is 0 Å². The molecule has 0 aliphatic heterocycles. The molecular weight excluding hydrogens is 268 g/mol. The van der Waals surface area contributed by atoms with Crippen molar-refractivity contribution in [2.75, 3.05) is 6.61 Å². The molecule has 0 bridgehead atoms. The molecule has 0 radical (unpaired) electrons. The molecule has 4 heteroatoms. The van der Waals surface area contributed by atoms with Crippen molar-refractivity contribution in [3.8, 4) is 5.75 Å². The fourth-order valence-corrected chi connectivity index (χ4v) is 1.95. The summed E-state index contributed by atoms with van der Waals surface area (Å²) in [5, 5.41) is 37.8. The first-order chi connectivity index (χ1) is 9.93. The highest BCUT2D eigenvalue weighted by Gasteiger charge is 2.10. The van der Waals surface area contributed by atoms with E-state index in [1.807, 2.05) is 13.8 Å². The van der Waals surface area contributed by atoms with Crippen LogP contribution < -0.4 is 0 Å². The van der Waals surface area contributed by atoms with Gasteiger partial charge in [0.1, 0.15) is 5.75 Å². The maximum absolute atomic E-state index is 10.0. The highest BCUT2D eigenvalue weighted by molar-refractivity contribution is 5.28. The number of phenols is 1. The van der Waals surface area contributed by atoms with Crippen LogP contribution in [0.15, 0.2) is 41.6 Å². The first kappa shape index (κ1) is 17.5. The van der Waals surface area contributed by atoms with Gasteiger partial charge in [0.05, 0.1) is 18.8 Å². The molecule has 0 aliphatic rings. The minimum absolute atomic E-state index is 0.125. The monoisotopic (exact) mass is 292 g/mol. The van der Waals surface area contributed by atoms with Crippen molar-refractivity contribution in [3.05, 3.63) is 47.2 Å². The zero-order valence-electron chi connectivity index (χ0n) is 12.5. The summed E-state index contributed by atoms with van der Waals surface area (Å²) in [4.78, 5) is 0. The van der Waals surface area contributed by atoms with Crippen LogP contribution in [-0.4, -0.2) is 33.1 Å². The molecule has 4 nitrogen and oxygen atoms in total. The minimum atomic E-state index is -0.778. The normalized spacial score (nSPS) is 13.6. The van der Waals surface area contributed by atoms with Crippen molar-refractivity contribution < 1.29 is 20.4 Å². The van der Waals surface area contributed by atoms with Crippen LogP contribution in [-0.2, 0) is 0 Å². The molecule has 0 unspecified atom stereocenters. The van der Waals surface area contributed by atoms with Crippen LogP contribution in [0.4, 0.5) is 0 Å². The average Bonchev–Trinajstić information content (AvgIpc) is 2.45. The fourth-order valence-electron chi connectivity index (χ4n) is 1.95. The first-order valence-electron chi connectivity index (χ1n) is 7.13. The number of aliphatic hydroxyl groups excluding tert-OH is 3. The van der Waals surface area contributed by atoms with Crippen LogP contribution in [0.3, 0.4) is 0 Å². The lowest BCUT2D eigenvalue weighted by molar-refractivity contribution is 0.0939. The molecule has 1 aromatic rings. The van der Waals surface area contributed by atoms with Gasteiger partial charge in [-0.05, 0) is 35.3 Å². The third-order valence-corrected chi connectivity index (χ3v) is 3.25. The van der Waals surface area contributed by atoms with Crippen molar-refractivity contribution in [2.24, 2.45) is 5.92 Å². The molecule has 0 amide bonds. The number of hydrogen-bond donors (Lipinski definition) is 4. The molecule has 0 spiro atoms. The molecule has 0 aromatic heterocycles. The van der Waals surface area contributed by atoms with Crippen molar-refractivity contribution in [1.29, 1.82) is 0 Å². The SMILES string of the molecule is CC(C)C(=C=CC[C@@H](O)c1cccc(O)c1)C[C@@H](O)CO. The summed E-state index contributed by atoms with van der Waals surface area (Å²) in [7, 11) is 0. The Bertz CT molecular complexity index is 501. The zero-order chi connectivity index (χ0) is 15.8. The Balaban J connectivity index is 2.74. The van der Waals surface area contributed by atoms with Crippen molar-refractivity contribution in [2.45, 2.75) is 38.9 Å². The lowest BCUT2D eigenvalue weighted by atomic mass is 9.97. The van der Waals surface area contributed by atoms with Crippen LogP contribution in [0.5, 0.6) is 5.75 Å². The van der Waals surface area contributed by atoms with Crippen LogP contribution in [0.1, 0.15) is 38.4 Å². The summed E-state index contributed by atoms with van der Waals surface area (Å²) in [5.74, 6) is 0.334. The molecule has 0 heterocycles. The van der Waals surface area contributed by atoms with Crippen molar-refractivity contribution in [3.63, 3.8) is 0 Å². The summed E-state index contributed by atoms with van der Waals surface area (Å²) in [5.41, 5.74) is 4.65. The van der Waals surface area contributed by atoms with Gasteiger partial charge in [-0.1, -0.05) is 26.0 Å². The smallest absolute Gasteiger partial charge is 0.115 e. The third kappa shape index (κ3) is 6.15. The first-order valence-corrected chi connectivity index (χ1v) is 7.13. The van der Waals surface area contributed by atoms with Crippen LogP contribution in [0.25, 0.3) is 0 Å². The lowest BCUT2D eigenvalue weighted by Gasteiger charge is -2.12. The quantitative estimate of drug-likeness (QED) is 0.581. The Hall–Kier alpha value is -1.58. The summed E-state index contributed by atoms with van der Waals surface area (Å²) < 4.78 is 0. The van der Waals surface area contributed by atoms with Crippen molar-refractivity contribution >= 4 is 0 Å². The molecule has 21 heavy (non-hydrogen) atoms. The standard InChI is InChI=1S/C17H24O4/c1-12(2)13(9-16(20)11-18)5-4-8-17(21)14-6-3-7-15(19)10-14/h3-4,6-7,10,12,16-21H,8-9,11H2,1-2H3/t5?,16-,17-/m1/s1. The van der Waals surface area contributed by atoms with E-state index in [0.29, 0.717) is 18.4 Å². The van der Waals surface area contributed by atoms with Gasteiger partial charge in [-0.2, -0.15) is 0 Å². The van der Waals surface area contributed by atoms with E-state index in [1.54, 1.807) is 24.3 Å². The maximum atomic E-state index is 10.0. The van der Waals surface area contributed by atoms with E-state index in [-0.39, 0.29) is 18.3 Å². The summed E-state index contributed by atoms with van der Waals surface area (Å²) >= 11 is 0. The molecule has 0 saturated carbocycles. The molecule has 0 aliphatic carbocycles. The largest absolute Gasteiger partial charge is 0.508 e. The number of aromatic hydroxyl groups is 1. The van der Waals surface area contributed by atoms with Crippen LogP contribution >= 0.6 is 0 Å².